The van der Waals surface area contributed by atoms with Crippen LogP contribution >= 0.6 is 0 Å². The van der Waals surface area contributed by atoms with E-state index in [1.807, 2.05) is 0 Å². The average Bonchev–Trinajstić information content (AvgIpc) is 1.99. The minimum absolute atomic E-state index is 0. The van der Waals surface area contributed by atoms with Gasteiger partial charge in [0.1, 0.15) is 0 Å². The zero-order valence-corrected chi connectivity index (χ0v) is 10.2. The first kappa shape index (κ1) is 14.2. The Bertz CT molecular complexity index is 57.9. The van der Waals surface area contributed by atoms with Crippen LogP contribution in [0.1, 0.15) is 59.3 Å². The number of unbranched alkanes of at least 4 members (excludes halogenated alkanes) is 2. The molecule has 0 aliphatic carbocycles. The molecule has 1 heteroatoms. The summed E-state index contributed by atoms with van der Waals surface area (Å²) in [6.07, 6.45) is 8.12. The zero-order valence-electron chi connectivity index (χ0n) is 8.15. The molecule has 11 heavy (non-hydrogen) atoms. The van der Waals surface area contributed by atoms with Crippen LogP contribution in [0, 0.1) is 5.92 Å². The smallest absolute Gasteiger partial charge is 0 e. The van der Waals surface area contributed by atoms with Crippen molar-refractivity contribution >= 4 is 0 Å². The van der Waals surface area contributed by atoms with E-state index in [0.717, 1.165) is 0 Å². The normalized spacial score (nSPS) is 9.82. The fraction of sp³-hybridized carbons (Fsp3) is 0.900. The second-order valence-corrected chi connectivity index (χ2v) is 2.91. The van der Waals surface area contributed by atoms with Crippen molar-refractivity contribution < 1.29 is 21.1 Å². The minimum atomic E-state index is 0. The number of rotatable bonds is 6. The van der Waals surface area contributed by atoms with Crippen molar-refractivity contribution in [1.29, 1.82) is 0 Å². The first-order valence-electron chi connectivity index (χ1n) is 4.68. The van der Waals surface area contributed by atoms with Crippen LogP contribution in [0.4, 0.5) is 0 Å². The number of hydrogen-bond acceptors (Lipinski definition) is 0. The molecule has 0 saturated heterocycles. The van der Waals surface area contributed by atoms with Crippen molar-refractivity contribution in [1.82, 2.24) is 0 Å². The monoisotopic (exact) mass is 239 g/mol. The Morgan fingerprint density at radius 1 is 0.909 bits per heavy atom. The van der Waals surface area contributed by atoms with Crippen LogP contribution in [0.3, 0.4) is 0 Å². The Balaban J connectivity index is 0. The molecule has 0 heterocycles. The van der Waals surface area contributed by atoms with Crippen molar-refractivity contribution in [3.8, 4) is 0 Å². The fourth-order valence-electron chi connectivity index (χ4n) is 1.23. The molecule has 0 aromatic heterocycles. The number of hydrogen-bond donors (Lipinski definition) is 0. The van der Waals surface area contributed by atoms with Crippen LogP contribution in [0.2, 0.25) is 0 Å². The third-order valence-electron chi connectivity index (χ3n) is 2.13. The summed E-state index contributed by atoms with van der Waals surface area (Å²) in [5, 5.41) is 0. The van der Waals surface area contributed by atoms with Crippen LogP contribution in [-0.2, 0) is 21.1 Å². The Morgan fingerprint density at radius 3 is 1.82 bits per heavy atom. The van der Waals surface area contributed by atoms with Gasteiger partial charge in [-0.15, -0.1) is 0 Å². The molecular weight excluding hydrogens is 216 g/mol. The second-order valence-electron chi connectivity index (χ2n) is 2.91. The predicted octanol–water partition coefficient (Wildman–Crippen LogP) is 3.96. The summed E-state index contributed by atoms with van der Waals surface area (Å²) in [4.78, 5) is 0. The molecule has 0 radical (unpaired) electrons. The molecule has 0 nitrogen and oxygen atoms in total. The summed E-state index contributed by atoms with van der Waals surface area (Å²) < 4.78 is 0. The van der Waals surface area contributed by atoms with E-state index in [-0.39, 0.29) is 21.1 Å². The third kappa shape index (κ3) is 8.60. The van der Waals surface area contributed by atoms with Crippen molar-refractivity contribution in [2.24, 2.45) is 0 Å². The van der Waals surface area contributed by atoms with E-state index in [4.69, 9.17) is 0 Å². The molecule has 0 saturated carbocycles. The summed E-state index contributed by atoms with van der Waals surface area (Å²) in [7, 11) is 0. The van der Waals surface area contributed by atoms with Crippen molar-refractivity contribution in [3.63, 3.8) is 0 Å². The Labute approximate surface area is 86.4 Å². The second kappa shape index (κ2) is 10.7. The van der Waals surface area contributed by atoms with Crippen molar-refractivity contribution in [2.75, 3.05) is 0 Å². The Kier molecular flexibility index (Phi) is 13.8. The van der Waals surface area contributed by atoms with Crippen molar-refractivity contribution in [2.45, 2.75) is 59.3 Å². The van der Waals surface area contributed by atoms with E-state index in [0.29, 0.717) is 0 Å². The standard InChI is InChI=1S/C10H21.Mo/c1-4-7-8-9-10(5-2)6-3;/h4-9H2,1-3H3;/q-1;. The molecule has 0 fully saturated rings. The fourth-order valence-corrected chi connectivity index (χ4v) is 1.23. The van der Waals surface area contributed by atoms with Gasteiger partial charge >= 0.3 is 0 Å². The quantitative estimate of drug-likeness (QED) is 0.372. The van der Waals surface area contributed by atoms with Gasteiger partial charge in [0.25, 0.3) is 0 Å². The van der Waals surface area contributed by atoms with Gasteiger partial charge in [0.15, 0.2) is 0 Å². The van der Waals surface area contributed by atoms with Gasteiger partial charge in [-0.1, -0.05) is 40.0 Å². The van der Waals surface area contributed by atoms with Gasteiger partial charge in [0, 0.05) is 21.1 Å². The molecule has 0 aliphatic rings. The van der Waals surface area contributed by atoms with E-state index < -0.39 is 0 Å². The Morgan fingerprint density at radius 2 is 1.45 bits per heavy atom. The molecule has 0 amide bonds. The third-order valence-corrected chi connectivity index (χ3v) is 2.13. The zero-order chi connectivity index (χ0) is 7.82. The first-order chi connectivity index (χ1) is 4.85. The molecule has 0 N–H and O–H groups in total. The van der Waals surface area contributed by atoms with Gasteiger partial charge in [-0.2, -0.15) is 19.3 Å². The minimum Gasteiger partial charge on any atom is -0.314 e. The van der Waals surface area contributed by atoms with Crippen LogP contribution in [0.5, 0.6) is 0 Å². The van der Waals surface area contributed by atoms with E-state index in [1.54, 1.807) is 5.92 Å². The largest absolute Gasteiger partial charge is 0.314 e. The maximum absolute atomic E-state index is 2.27. The van der Waals surface area contributed by atoms with Gasteiger partial charge in [-0.3, -0.25) is 0 Å². The molecule has 0 aromatic carbocycles. The van der Waals surface area contributed by atoms with Gasteiger partial charge in [0.2, 0.25) is 0 Å². The molecule has 0 bridgehead atoms. The van der Waals surface area contributed by atoms with E-state index in [2.05, 4.69) is 20.8 Å². The molecule has 0 aliphatic heterocycles. The van der Waals surface area contributed by atoms with Crippen LogP contribution in [0.25, 0.3) is 0 Å². The van der Waals surface area contributed by atoms with Gasteiger partial charge < -0.3 is 5.92 Å². The van der Waals surface area contributed by atoms with E-state index in [1.165, 1.54) is 38.5 Å². The Hall–Kier alpha value is 0.688. The molecular formula is C10H21Mo-. The van der Waals surface area contributed by atoms with Crippen LogP contribution in [-0.4, -0.2) is 0 Å². The molecule has 0 spiro atoms. The molecule has 0 aromatic rings. The van der Waals surface area contributed by atoms with Crippen LogP contribution in [0.15, 0.2) is 0 Å². The van der Waals surface area contributed by atoms with Crippen molar-refractivity contribution in [3.05, 3.63) is 5.92 Å². The SMILES string of the molecule is CCCCC[C-](CC)CC.[Mo]. The molecule has 0 atom stereocenters. The summed E-state index contributed by atoms with van der Waals surface area (Å²) in [5.41, 5.74) is 0. The summed E-state index contributed by atoms with van der Waals surface area (Å²) >= 11 is 0. The summed E-state index contributed by atoms with van der Waals surface area (Å²) in [6.45, 7) is 6.80. The average molecular weight is 237 g/mol. The maximum Gasteiger partial charge on any atom is 0 e. The van der Waals surface area contributed by atoms with Crippen LogP contribution < -0.4 is 0 Å². The molecule has 0 rings (SSSR count). The summed E-state index contributed by atoms with van der Waals surface area (Å²) in [6, 6.07) is 0. The van der Waals surface area contributed by atoms with Gasteiger partial charge in [-0.05, 0) is 0 Å². The van der Waals surface area contributed by atoms with E-state index in [9.17, 15) is 0 Å². The summed E-state index contributed by atoms with van der Waals surface area (Å²) in [5.74, 6) is 1.74. The predicted molar refractivity (Wildman–Crippen MR) is 48.0 cm³/mol. The molecule has 0 unspecified atom stereocenters. The topological polar surface area (TPSA) is 0 Å². The van der Waals surface area contributed by atoms with Gasteiger partial charge in [-0.25, -0.2) is 0 Å². The maximum atomic E-state index is 2.27. The first-order valence-corrected chi connectivity index (χ1v) is 4.68. The van der Waals surface area contributed by atoms with Gasteiger partial charge in [0.05, 0.1) is 0 Å². The molecule has 68 valence electrons. The van der Waals surface area contributed by atoms with E-state index >= 15 is 0 Å².